The minimum atomic E-state index is -0.909. The van der Waals surface area contributed by atoms with E-state index in [-0.39, 0.29) is 5.97 Å². The fourth-order valence-electron chi connectivity index (χ4n) is 3.54. The van der Waals surface area contributed by atoms with Gasteiger partial charge in [0.15, 0.2) is 0 Å². The normalized spacial score (nSPS) is 11.9. The summed E-state index contributed by atoms with van der Waals surface area (Å²) in [6.07, 6.45) is 3.81. The zero-order valence-corrected chi connectivity index (χ0v) is 13.6. The van der Waals surface area contributed by atoms with Crippen LogP contribution in [0.5, 0.6) is 0 Å². The summed E-state index contributed by atoms with van der Waals surface area (Å²) in [7, 11) is 1.43. The number of para-hydroxylation sites is 2. The summed E-state index contributed by atoms with van der Waals surface area (Å²) >= 11 is 0. The largest absolute Gasteiger partial charge is 0.468 e. The second-order valence-corrected chi connectivity index (χ2v) is 6.11. The molecule has 2 aromatic heterocycles. The van der Waals surface area contributed by atoms with Gasteiger partial charge in [-0.1, -0.05) is 36.4 Å². The molecular weight excluding hydrogens is 300 g/mol. The molecule has 0 spiro atoms. The van der Waals surface area contributed by atoms with Gasteiger partial charge in [0.25, 0.3) is 0 Å². The van der Waals surface area contributed by atoms with Crippen molar-refractivity contribution in [3.63, 3.8) is 0 Å². The van der Waals surface area contributed by atoms with Gasteiger partial charge < -0.3 is 14.7 Å². The Balaban J connectivity index is 2.05. The third kappa shape index (κ3) is 1.89. The number of methoxy groups -OCH3 is 1. The number of hydrogen-bond donors (Lipinski definition) is 2. The van der Waals surface area contributed by atoms with E-state index in [2.05, 4.69) is 9.97 Å². The van der Waals surface area contributed by atoms with Gasteiger partial charge in [0.1, 0.15) is 5.41 Å². The summed E-state index contributed by atoms with van der Waals surface area (Å²) in [5, 5.41) is 2.05. The van der Waals surface area contributed by atoms with E-state index in [4.69, 9.17) is 4.74 Å². The standard InChI is InChI=1S/C20H18N2O2/c1-20(19(23)24-2,15-11-21-17-9-5-3-7-13(15)17)16-12-22-18-10-6-4-8-14(16)18/h3-12,21-22H,1-2H3. The zero-order valence-electron chi connectivity index (χ0n) is 13.6. The van der Waals surface area contributed by atoms with Crippen molar-refractivity contribution in [1.82, 2.24) is 9.97 Å². The average Bonchev–Trinajstić information content (AvgIpc) is 3.25. The second kappa shape index (κ2) is 5.27. The molecule has 0 unspecified atom stereocenters. The number of hydrogen-bond acceptors (Lipinski definition) is 2. The van der Waals surface area contributed by atoms with Gasteiger partial charge in [-0.15, -0.1) is 0 Å². The number of aromatic nitrogens is 2. The summed E-state index contributed by atoms with van der Waals surface area (Å²) in [4.78, 5) is 19.4. The molecule has 0 radical (unpaired) electrons. The number of carbonyl (C=O) groups is 1. The molecule has 0 bridgehead atoms. The first-order valence-electron chi connectivity index (χ1n) is 7.88. The first-order valence-corrected chi connectivity index (χ1v) is 7.88. The Kier molecular flexibility index (Phi) is 3.20. The maximum atomic E-state index is 12.9. The molecule has 0 atom stereocenters. The lowest BCUT2D eigenvalue weighted by Crippen LogP contribution is -2.34. The second-order valence-electron chi connectivity index (χ2n) is 6.11. The monoisotopic (exact) mass is 318 g/mol. The number of esters is 1. The zero-order chi connectivity index (χ0) is 16.7. The molecule has 2 aromatic carbocycles. The van der Waals surface area contributed by atoms with Crippen LogP contribution in [0.3, 0.4) is 0 Å². The van der Waals surface area contributed by atoms with Crippen molar-refractivity contribution in [2.24, 2.45) is 0 Å². The highest BCUT2D eigenvalue weighted by Gasteiger charge is 2.41. The molecule has 4 aromatic rings. The Hall–Kier alpha value is -3.01. The van der Waals surface area contributed by atoms with Gasteiger partial charge in [0, 0.05) is 34.2 Å². The van der Waals surface area contributed by atoms with Gasteiger partial charge in [-0.2, -0.15) is 0 Å². The van der Waals surface area contributed by atoms with Gasteiger partial charge in [-0.05, 0) is 30.2 Å². The molecule has 2 N–H and O–H groups in total. The Bertz CT molecular complexity index is 968. The van der Waals surface area contributed by atoms with Gasteiger partial charge in [0.2, 0.25) is 0 Å². The highest BCUT2D eigenvalue weighted by molar-refractivity contribution is 5.99. The van der Waals surface area contributed by atoms with E-state index in [1.807, 2.05) is 67.8 Å². The van der Waals surface area contributed by atoms with E-state index >= 15 is 0 Å². The molecule has 0 saturated carbocycles. The minimum absolute atomic E-state index is 0.281. The Morgan fingerprint density at radius 2 is 1.33 bits per heavy atom. The number of fused-ring (bicyclic) bond motifs is 2. The van der Waals surface area contributed by atoms with Crippen LogP contribution in [0.15, 0.2) is 60.9 Å². The van der Waals surface area contributed by atoms with Crippen LogP contribution in [0.1, 0.15) is 18.1 Å². The van der Waals surface area contributed by atoms with Crippen LogP contribution in [0, 0.1) is 0 Å². The molecule has 4 nitrogen and oxygen atoms in total. The van der Waals surface area contributed by atoms with Crippen LogP contribution in [-0.2, 0) is 14.9 Å². The summed E-state index contributed by atoms with van der Waals surface area (Å²) in [5.74, 6) is -0.281. The molecule has 0 fully saturated rings. The van der Waals surface area contributed by atoms with E-state index in [9.17, 15) is 4.79 Å². The lowest BCUT2D eigenvalue weighted by molar-refractivity contribution is -0.145. The predicted molar refractivity (Wildman–Crippen MR) is 95.1 cm³/mol. The highest BCUT2D eigenvalue weighted by Crippen LogP contribution is 2.40. The molecule has 0 aliphatic carbocycles. The fourth-order valence-corrected chi connectivity index (χ4v) is 3.54. The molecule has 2 heterocycles. The summed E-state index contributed by atoms with van der Waals surface area (Å²) < 4.78 is 5.19. The molecule has 120 valence electrons. The quantitative estimate of drug-likeness (QED) is 0.558. The molecule has 4 heteroatoms. The van der Waals surface area contributed by atoms with E-state index in [0.717, 1.165) is 32.9 Å². The van der Waals surface area contributed by atoms with Crippen molar-refractivity contribution in [3.8, 4) is 0 Å². The van der Waals surface area contributed by atoms with Crippen molar-refractivity contribution >= 4 is 27.8 Å². The first-order chi connectivity index (χ1) is 11.7. The van der Waals surface area contributed by atoms with Gasteiger partial charge in [0.05, 0.1) is 7.11 Å². The van der Waals surface area contributed by atoms with Crippen LogP contribution in [0.2, 0.25) is 0 Å². The average molecular weight is 318 g/mol. The van der Waals surface area contributed by atoms with Gasteiger partial charge in [-0.3, -0.25) is 4.79 Å². The summed E-state index contributed by atoms with van der Waals surface area (Å²) in [6, 6.07) is 16.0. The van der Waals surface area contributed by atoms with Crippen molar-refractivity contribution in [1.29, 1.82) is 0 Å². The molecular formula is C20H18N2O2. The predicted octanol–water partition coefficient (Wildman–Crippen LogP) is 4.13. The number of benzene rings is 2. The Morgan fingerprint density at radius 3 is 1.79 bits per heavy atom. The summed E-state index contributed by atoms with van der Waals surface area (Å²) in [5.41, 5.74) is 2.92. The smallest absolute Gasteiger partial charge is 0.320 e. The maximum Gasteiger partial charge on any atom is 0.320 e. The van der Waals surface area contributed by atoms with Gasteiger partial charge in [-0.25, -0.2) is 0 Å². The Labute approximate surface area is 139 Å². The number of nitrogens with one attached hydrogen (secondary N) is 2. The molecule has 24 heavy (non-hydrogen) atoms. The third-order valence-electron chi connectivity index (χ3n) is 4.85. The molecule has 0 saturated heterocycles. The summed E-state index contributed by atoms with van der Waals surface area (Å²) in [6.45, 7) is 1.92. The molecule has 4 rings (SSSR count). The first kappa shape index (κ1) is 14.6. The van der Waals surface area contributed by atoms with E-state index in [1.165, 1.54) is 7.11 Å². The van der Waals surface area contributed by atoms with Crippen molar-refractivity contribution < 1.29 is 9.53 Å². The number of ether oxygens (including phenoxy) is 1. The third-order valence-corrected chi connectivity index (χ3v) is 4.85. The van der Waals surface area contributed by atoms with Crippen LogP contribution >= 0.6 is 0 Å². The van der Waals surface area contributed by atoms with E-state index in [1.54, 1.807) is 0 Å². The Morgan fingerprint density at radius 1 is 0.875 bits per heavy atom. The van der Waals surface area contributed by atoms with Crippen LogP contribution in [0.4, 0.5) is 0 Å². The topological polar surface area (TPSA) is 57.9 Å². The highest BCUT2D eigenvalue weighted by atomic mass is 16.5. The number of H-pyrrole nitrogens is 2. The van der Waals surface area contributed by atoms with E-state index < -0.39 is 5.41 Å². The van der Waals surface area contributed by atoms with Gasteiger partial charge >= 0.3 is 5.97 Å². The minimum Gasteiger partial charge on any atom is -0.468 e. The van der Waals surface area contributed by atoms with Crippen LogP contribution in [0.25, 0.3) is 21.8 Å². The SMILES string of the molecule is COC(=O)C(C)(c1c[nH]c2ccccc12)c1c[nH]c2ccccc12. The number of carbonyl (C=O) groups excluding carboxylic acids is 1. The number of aromatic amines is 2. The van der Waals surface area contributed by atoms with Crippen LogP contribution < -0.4 is 0 Å². The van der Waals surface area contributed by atoms with Crippen molar-refractivity contribution in [3.05, 3.63) is 72.1 Å². The van der Waals surface area contributed by atoms with Crippen LogP contribution in [-0.4, -0.2) is 23.0 Å². The lowest BCUT2D eigenvalue weighted by Gasteiger charge is -2.26. The van der Waals surface area contributed by atoms with Crippen molar-refractivity contribution in [2.75, 3.05) is 7.11 Å². The van der Waals surface area contributed by atoms with E-state index in [0.29, 0.717) is 0 Å². The number of rotatable bonds is 3. The van der Waals surface area contributed by atoms with Crippen molar-refractivity contribution in [2.45, 2.75) is 12.3 Å². The molecule has 0 aliphatic rings. The maximum absolute atomic E-state index is 12.9. The molecule has 0 aliphatic heterocycles. The fraction of sp³-hybridized carbons (Fsp3) is 0.150. The molecule has 0 amide bonds. The lowest BCUT2D eigenvalue weighted by atomic mass is 9.76.